The third kappa shape index (κ3) is 3.12. The van der Waals surface area contributed by atoms with Crippen LogP contribution >= 0.6 is 23.5 Å². The lowest BCUT2D eigenvalue weighted by atomic mass is 10.4. The van der Waals surface area contributed by atoms with Gasteiger partial charge < -0.3 is 9.84 Å². The van der Waals surface area contributed by atoms with E-state index in [1.54, 1.807) is 0 Å². The minimum absolute atomic E-state index is 0.427. The molecular weight excluding hydrogens is 230 g/mol. The van der Waals surface area contributed by atoms with Gasteiger partial charge in [-0.05, 0) is 7.05 Å². The summed E-state index contributed by atoms with van der Waals surface area (Å²) in [5.41, 5.74) is 0. The van der Waals surface area contributed by atoms with Gasteiger partial charge in [-0.2, -0.15) is 16.7 Å². The van der Waals surface area contributed by atoms with Crippen molar-refractivity contribution >= 4 is 23.5 Å². The molecule has 0 aromatic carbocycles. The van der Waals surface area contributed by atoms with Gasteiger partial charge in [0.2, 0.25) is 5.89 Å². The number of thioether (sulfide) groups is 2. The monoisotopic (exact) mass is 245 g/mol. The van der Waals surface area contributed by atoms with Crippen LogP contribution in [0.3, 0.4) is 0 Å². The summed E-state index contributed by atoms with van der Waals surface area (Å²) >= 11 is 3.90. The van der Waals surface area contributed by atoms with Gasteiger partial charge in [0.15, 0.2) is 5.82 Å². The summed E-state index contributed by atoms with van der Waals surface area (Å²) < 4.78 is 5.20. The van der Waals surface area contributed by atoms with Gasteiger partial charge in [0.05, 0.1) is 5.25 Å². The van der Waals surface area contributed by atoms with Gasteiger partial charge in [-0.15, -0.1) is 11.8 Å². The summed E-state index contributed by atoms with van der Waals surface area (Å²) in [5, 5.41) is 7.54. The summed E-state index contributed by atoms with van der Waals surface area (Å²) in [5.74, 6) is 5.16. The molecule has 1 aromatic heterocycles. The molecule has 1 aromatic rings. The third-order valence-corrected chi connectivity index (χ3v) is 4.93. The number of hydrogen-bond acceptors (Lipinski definition) is 6. The van der Waals surface area contributed by atoms with Crippen LogP contribution in [0.4, 0.5) is 0 Å². The molecule has 4 nitrogen and oxygen atoms in total. The molecule has 0 saturated carbocycles. The van der Waals surface area contributed by atoms with Crippen molar-refractivity contribution in [2.75, 3.05) is 30.9 Å². The van der Waals surface area contributed by atoms with Gasteiger partial charge in [0.1, 0.15) is 0 Å². The number of nitrogens with one attached hydrogen (secondary N) is 1. The third-order valence-electron chi connectivity index (χ3n) is 2.18. The summed E-state index contributed by atoms with van der Waals surface area (Å²) in [4.78, 5) is 4.42. The molecule has 0 aliphatic carbocycles. The molecule has 0 radical (unpaired) electrons. The average Bonchev–Trinajstić information content (AvgIpc) is 2.76. The molecule has 1 atom stereocenters. The second kappa shape index (κ2) is 5.77. The fourth-order valence-corrected chi connectivity index (χ4v) is 3.96. The number of rotatable bonds is 4. The maximum atomic E-state index is 5.20. The Morgan fingerprint density at radius 1 is 1.53 bits per heavy atom. The molecule has 0 amide bonds. The van der Waals surface area contributed by atoms with Gasteiger partial charge in [0.25, 0.3) is 0 Å². The number of likely N-dealkylation sites (N-methyl/N-ethyl adjacent to an activating group) is 1. The highest BCUT2D eigenvalue weighted by atomic mass is 32.2. The first-order chi connectivity index (χ1) is 7.40. The Morgan fingerprint density at radius 3 is 3.20 bits per heavy atom. The van der Waals surface area contributed by atoms with Crippen LogP contribution in [0.15, 0.2) is 4.52 Å². The van der Waals surface area contributed by atoms with Crippen molar-refractivity contribution in [2.45, 2.75) is 11.7 Å². The number of aromatic nitrogens is 2. The number of hydrogen-bond donors (Lipinski definition) is 1. The van der Waals surface area contributed by atoms with Gasteiger partial charge in [-0.3, -0.25) is 0 Å². The maximum absolute atomic E-state index is 5.20. The van der Waals surface area contributed by atoms with Gasteiger partial charge in [-0.25, -0.2) is 0 Å². The summed E-state index contributed by atoms with van der Waals surface area (Å²) in [7, 11) is 1.92. The highest BCUT2D eigenvalue weighted by Crippen LogP contribution is 2.34. The van der Waals surface area contributed by atoms with Crippen molar-refractivity contribution in [3.8, 4) is 0 Å². The zero-order valence-electron chi connectivity index (χ0n) is 8.73. The van der Waals surface area contributed by atoms with Crippen molar-refractivity contribution in [1.82, 2.24) is 15.5 Å². The van der Waals surface area contributed by atoms with Crippen LogP contribution in [0.2, 0.25) is 0 Å². The van der Waals surface area contributed by atoms with Crippen molar-refractivity contribution < 1.29 is 4.52 Å². The first-order valence-electron chi connectivity index (χ1n) is 5.06. The Labute approximate surface area is 98.0 Å². The first-order valence-corrected chi connectivity index (χ1v) is 7.27. The lowest BCUT2D eigenvalue weighted by molar-refractivity contribution is 0.372. The Kier molecular flexibility index (Phi) is 4.34. The topological polar surface area (TPSA) is 51.0 Å². The zero-order valence-corrected chi connectivity index (χ0v) is 10.4. The second-order valence-electron chi connectivity index (χ2n) is 3.33. The van der Waals surface area contributed by atoms with Crippen molar-refractivity contribution in [1.29, 1.82) is 0 Å². The SMILES string of the molecule is CNCCc1nc(C2CSCCS2)no1. The van der Waals surface area contributed by atoms with E-state index in [-0.39, 0.29) is 0 Å². The van der Waals surface area contributed by atoms with Gasteiger partial charge >= 0.3 is 0 Å². The predicted molar refractivity (Wildman–Crippen MR) is 64.5 cm³/mol. The lowest BCUT2D eigenvalue weighted by Crippen LogP contribution is -2.11. The van der Waals surface area contributed by atoms with Crippen LogP contribution in [0.25, 0.3) is 0 Å². The van der Waals surface area contributed by atoms with E-state index in [2.05, 4.69) is 15.5 Å². The van der Waals surface area contributed by atoms with E-state index in [0.717, 1.165) is 30.4 Å². The Balaban J connectivity index is 1.93. The summed E-state index contributed by atoms with van der Waals surface area (Å²) in [6.45, 7) is 0.883. The minimum atomic E-state index is 0.427. The standard InChI is InChI=1S/C9H15N3OS2/c1-10-3-2-8-11-9(12-13-8)7-6-14-4-5-15-7/h7,10H,2-6H2,1H3. The van der Waals surface area contributed by atoms with Crippen molar-refractivity contribution in [2.24, 2.45) is 0 Å². The highest BCUT2D eigenvalue weighted by Gasteiger charge is 2.21. The zero-order chi connectivity index (χ0) is 10.5. The summed E-state index contributed by atoms with van der Waals surface area (Å²) in [6.07, 6.45) is 0.814. The van der Waals surface area contributed by atoms with Crippen LogP contribution in [0.1, 0.15) is 17.0 Å². The van der Waals surface area contributed by atoms with Gasteiger partial charge in [0, 0.05) is 30.2 Å². The van der Waals surface area contributed by atoms with E-state index in [1.807, 2.05) is 30.6 Å². The molecule has 1 unspecified atom stereocenters. The molecule has 1 aliphatic heterocycles. The quantitative estimate of drug-likeness (QED) is 0.864. The molecule has 2 rings (SSSR count). The van der Waals surface area contributed by atoms with E-state index in [1.165, 1.54) is 11.5 Å². The molecule has 1 aliphatic rings. The van der Waals surface area contributed by atoms with Crippen LogP contribution in [-0.4, -0.2) is 41.0 Å². The molecule has 0 bridgehead atoms. The molecular formula is C9H15N3OS2. The molecule has 15 heavy (non-hydrogen) atoms. The predicted octanol–water partition coefficient (Wildman–Crippen LogP) is 1.35. The molecule has 1 fully saturated rings. The first kappa shape index (κ1) is 11.3. The Bertz CT molecular complexity index is 299. The van der Waals surface area contributed by atoms with E-state index in [4.69, 9.17) is 4.52 Å². The molecule has 0 spiro atoms. The molecule has 1 N–H and O–H groups in total. The maximum Gasteiger partial charge on any atom is 0.227 e. The molecule has 6 heteroatoms. The largest absolute Gasteiger partial charge is 0.339 e. The van der Waals surface area contributed by atoms with E-state index >= 15 is 0 Å². The van der Waals surface area contributed by atoms with Crippen LogP contribution in [0.5, 0.6) is 0 Å². The van der Waals surface area contributed by atoms with E-state index in [0.29, 0.717) is 5.25 Å². The Hall–Kier alpha value is -0.200. The minimum Gasteiger partial charge on any atom is -0.339 e. The summed E-state index contributed by atoms with van der Waals surface area (Å²) in [6, 6.07) is 0. The molecule has 2 heterocycles. The van der Waals surface area contributed by atoms with Crippen LogP contribution < -0.4 is 5.32 Å². The fraction of sp³-hybridized carbons (Fsp3) is 0.778. The average molecular weight is 245 g/mol. The van der Waals surface area contributed by atoms with E-state index in [9.17, 15) is 0 Å². The Morgan fingerprint density at radius 2 is 2.47 bits per heavy atom. The normalized spacial score (nSPS) is 21.8. The van der Waals surface area contributed by atoms with Gasteiger partial charge in [-0.1, -0.05) is 5.16 Å². The second-order valence-corrected chi connectivity index (χ2v) is 5.79. The number of nitrogens with zero attached hydrogens (tertiary/aromatic N) is 2. The van der Waals surface area contributed by atoms with Crippen molar-refractivity contribution in [3.05, 3.63) is 11.7 Å². The fourth-order valence-electron chi connectivity index (χ4n) is 1.37. The van der Waals surface area contributed by atoms with Crippen LogP contribution in [-0.2, 0) is 6.42 Å². The smallest absolute Gasteiger partial charge is 0.227 e. The molecule has 84 valence electrons. The van der Waals surface area contributed by atoms with Crippen LogP contribution in [0, 0.1) is 0 Å². The highest BCUT2D eigenvalue weighted by molar-refractivity contribution is 8.06. The lowest BCUT2D eigenvalue weighted by Gasteiger charge is -2.16. The van der Waals surface area contributed by atoms with E-state index < -0.39 is 0 Å². The molecule has 1 saturated heterocycles. The van der Waals surface area contributed by atoms with Crippen molar-refractivity contribution in [3.63, 3.8) is 0 Å².